The predicted molar refractivity (Wildman–Crippen MR) is 221 cm³/mol. The van der Waals surface area contributed by atoms with Gasteiger partial charge in [-0.2, -0.15) is 0 Å². The average molecular weight is 775 g/mol. The van der Waals surface area contributed by atoms with Gasteiger partial charge >= 0.3 is 0 Å². The summed E-state index contributed by atoms with van der Waals surface area (Å²) in [6.07, 6.45) is 33.3. The maximum atomic E-state index is 12.9. The Kier molecular flexibility index (Phi) is 33.9. The first-order valence-electron chi connectivity index (χ1n) is 22.0. The molecule has 9 nitrogen and oxygen atoms in total. The highest BCUT2D eigenvalue weighted by atomic mass is 31.2. The van der Waals surface area contributed by atoms with Crippen LogP contribution in [0.3, 0.4) is 0 Å². The first kappa shape index (κ1) is 52.2. The first-order chi connectivity index (χ1) is 25.3. The largest absolute Gasteiger partial charge is 0.756 e. The van der Waals surface area contributed by atoms with E-state index in [0.29, 0.717) is 17.4 Å². The van der Waals surface area contributed by atoms with E-state index in [0.717, 1.165) is 44.4 Å². The number of quaternary nitrogens is 1. The van der Waals surface area contributed by atoms with Crippen molar-refractivity contribution in [2.24, 2.45) is 5.92 Å². The first-order valence-corrected chi connectivity index (χ1v) is 23.5. The number of carbonyl (C=O) groups is 1. The van der Waals surface area contributed by atoms with E-state index in [9.17, 15) is 24.5 Å². The monoisotopic (exact) mass is 775 g/mol. The van der Waals surface area contributed by atoms with Crippen molar-refractivity contribution < 1.29 is 38.0 Å². The summed E-state index contributed by atoms with van der Waals surface area (Å²) >= 11 is 0. The van der Waals surface area contributed by atoms with E-state index in [2.05, 4.69) is 26.1 Å². The second kappa shape index (κ2) is 34.4. The van der Waals surface area contributed by atoms with Crippen LogP contribution in [0.1, 0.15) is 194 Å². The van der Waals surface area contributed by atoms with Gasteiger partial charge in [0.25, 0.3) is 7.82 Å². The highest BCUT2D eigenvalue weighted by Gasteiger charge is 2.25. The maximum absolute atomic E-state index is 12.9. The van der Waals surface area contributed by atoms with Crippen LogP contribution < -0.4 is 10.2 Å². The number of nitrogens with one attached hydrogen (secondary N) is 1. The number of aliphatic hydroxyl groups is 2. The number of nitrogens with zero attached hydrogens (tertiary/aromatic N) is 1. The Bertz CT molecular complexity index is 912. The third-order valence-corrected chi connectivity index (χ3v) is 11.0. The molecule has 0 rings (SSSR count). The van der Waals surface area contributed by atoms with Crippen LogP contribution in [-0.4, -0.2) is 79.8 Å². The molecule has 0 aliphatic rings. The van der Waals surface area contributed by atoms with Gasteiger partial charge < -0.3 is 34.0 Å². The van der Waals surface area contributed by atoms with Gasteiger partial charge in [0.2, 0.25) is 5.91 Å². The van der Waals surface area contributed by atoms with Crippen molar-refractivity contribution in [3.63, 3.8) is 0 Å². The number of amides is 1. The molecule has 3 N–H and O–H groups in total. The summed E-state index contributed by atoms with van der Waals surface area (Å²) in [6, 6.07) is -1.06. The predicted octanol–water partition coefficient (Wildman–Crippen LogP) is 10.2. The number of rotatable bonds is 39. The highest BCUT2D eigenvalue weighted by molar-refractivity contribution is 7.45. The molecule has 0 fully saturated rings. The summed E-state index contributed by atoms with van der Waals surface area (Å²) in [7, 11) is 1.12. The molecule has 53 heavy (non-hydrogen) atoms. The Morgan fingerprint density at radius 3 is 1.58 bits per heavy atom. The molecule has 10 heteroatoms. The Labute approximate surface area is 327 Å². The van der Waals surface area contributed by atoms with Crippen LogP contribution >= 0.6 is 7.82 Å². The number of hydrogen-bond acceptors (Lipinski definition) is 7. The van der Waals surface area contributed by atoms with Crippen LogP contribution in [-0.2, 0) is 18.4 Å². The number of likely N-dealkylation sites (N-methyl/N-ethyl adjacent to an activating group) is 1. The quantitative estimate of drug-likeness (QED) is 0.0245. The standard InChI is InChI=1S/C43H87N2O7P/c1-7-8-9-10-11-12-13-14-15-16-17-18-19-22-26-29-32-35-42(47)43(48)44-40(38-52-53(49,50)51-37-36-45(4,5)6)41(46)34-31-28-25-23-20-21-24-27-30-33-39(2)3/h31,34,39-42,46-47H,7-30,32-33,35-38H2,1-6H3,(H-,44,48,49,50)/b34-31+/t40-,41+,42?/m0/s1. The molecule has 0 aromatic heterocycles. The Morgan fingerprint density at radius 2 is 1.13 bits per heavy atom. The SMILES string of the molecule is CCCCCCCCCCCCCCCCCCCC(O)C(=O)N[C@@H](COP(=O)([O-])OCC[N+](C)(C)C)[C@H](O)/C=C/CCCCCCCCCC(C)C. The summed E-state index contributed by atoms with van der Waals surface area (Å²) in [5, 5.41) is 24.1. The normalized spacial score (nSPS) is 15.2. The average Bonchev–Trinajstić information content (AvgIpc) is 3.09. The van der Waals surface area contributed by atoms with Gasteiger partial charge in [-0.15, -0.1) is 0 Å². The Balaban J connectivity index is 4.50. The molecule has 0 aromatic carbocycles. The third-order valence-electron chi connectivity index (χ3n) is 10.0. The van der Waals surface area contributed by atoms with Crippen LogP contribution in [0.25, 0.3) is 0 Å². The third kappa shape index (κ3) is 36.6. The molecule has 0 spiro atoms. The molecule has 2 unspecified atom stereocenters. The maximum Gasteiger partial charge on any atom is 0.268 e. The zero-order chi connectivity index (χ0) is 39.6. The smallest absolute Gasteiger partial charge is 0.268 e. The van der Waals surface area contributed by atoms with Crippen molar-refractivity contribution in [2.75, 3.05) is 40.9 Å². The summed E-state index contributed by atoms with van der Waals surface area (Å²) < 4.78 is 23.1. The molecule has 0 saturated carbocycles. The molecule has 316 valence electrons. The zero-order valence-corrected chi connectivity index (χ0v) is 36.4. The minimum atomic E-state index is -4.66. The molecule has 0 heterocycles. The van der Waals surface area contributed by atoms with E-state index < -0.39 is 38.6 Å². The van der Waals surface area contributed by atoms with E-state index in [-0.39, 0.29) is 6.61 Å². The van der Waals surface area contributed by atoms with Gasteiger partial charge in [0.1, 0.15) is 19.3 Å². The van der Waals surface area contributed by atoms with E-state index in [4.69, 9.17) is 9.05 Å². The van der Waals surface area contributed by atoms with Crippen LogP contribution in [0, 0.1) is 5.92 Å². The topological polar surface area (TPSA) is 128 Å². The fourth-order valence-corrected chi connectivity index (χ4v) is 7.12. The number of unbranched alkanes of at least 4 members (excludes halogenated alkanes) is 23. The molecule has 0 saturated heterocycles. The summed E-state index contributed by atoms with van der Waals surface area (Å²) in [6.45, 7) is 6.73. The Morgan fingerprint density at radius 1 is 0.698 bits per heavy atom. The summed E-state index contributed by atoms with van der Waals surface area (Å²) in [5.74, 6) is 0.138. The van der Waals surface area contributed by atoms with Crippen LogP contribution in [0.5, 0.6) is 0 Å². The van der Waals surface area contributed by atoms with Gasteiger partial charge in [0.15, 0.2) is 0 Å². The van der Waals surface area contributed by atoms with Crippen LogP contribution in [0.4, 0.5) is 0 Å². The number of phosphoric ester groups is 1. The number of hydrogen-bond donors (Lipinski definition) is 3. The lowest BCUT2D eigenvalue weighted by atomic mass is 10.0. The van der Waals surface area contributed by atoms with Gasteiger partial charge in [0.05, 0.1) is 39.9 Å². The molecular formula is C43H87N2O7P. The minimum absolute atomic E-state index is 0.0419. The van der Waals surface area contributed by atoms with Gasteiger partial charge in [-0.1, -0.05) is 187 Å². The number of carbonyl (C=O) groups excluding carboxylic acids is 1. The lowest BCUT2D eigenvalue weighted by Gasteiger charge is -2.29. The Hall–Kier alpha value is -0.800. The van der Waals surface area contributed by atoms with Crippen molar-refractivity contribution in [1.29, 1.82) is 0 Å². The summed E-state index contributed by atoms with van der Waals surface area (Å²) in [4.78, 5) is 25.3. The van der Waals surface area contributed by atoms with E-state index in [1.165, 1.54) is 128 Å². The molecule has 0 aliphatic heterocycles. The van der Waals surface area contributed by atoms with Crippen molar-refractivity contribution in [3.8, 4) is 0 Å². The zero-order valence-electron chi connectivity index (χ0n) is 35.5. The van der Waals surface area contributed by atoms with Crippen LogP contribution in [0.15, 0.2) is 12.2 Å². The molecule has 0 aliphatic carbocycles. The van der Waals surface area contributed by atoms with Crippen LogP contribution in [0.2, 0.25) is 0 Å². The number of aliphatic hydroxyl groups excluding tert-OH is 2. The van der Waals surface area contributed by atoms with Gasteiger partial charge in [-0.3, -0.25) is 9.36 Å². The number of phosphoric acid groups is 1. The fraction of sp³-hybridized carbons (Fsp3) is 0.930. The fourth-order valence-electron chi connectivity index (χ4n) is 6.40. The minimum Gasteiger partial charge on any atom is -0.756 e. The van der Waals surface area contributed by atoms with E-state index in [1.807, 2.05) is 27.2 Å². The second-order valence-electron chi connectivity index (χ2n) is 17.0. The van der Waals surface area contributed by atoms with Gasteiger partial charge in [-0.25, -0.2) is 0 Å². The highest BCUT2D eigenvalue weighted by Crippen LogP contribution is 2.38. The van der Waals surface area contributed by atoms with E-state index in [1.54, 1.807) is 6.08 Å². The van der Waals surface area contributed by atoms with Crippen molar-refractivity contribution >= 4 is 13.7 Å². The number of allylic oxidation sites excluding steroid dienone is 1. The van der Waals surface area contributed by atoms with E-state index >= 15 is 0 Å². The molecule has 1 amide bonds. The second-order valence-corrected chi connectivity index (χ2v) is 18.4. The molecule has 0 radical (unpaired) electrons. The lowest BCUT2D eigenvalue weighted by molar-refractivity contribution is -0.870. The molecular weight excluding hydrogens is 687 g/mol. The van der Waals surface area contributed by atoms with Crippen molar-refractivity contribution in [2.45, 2.75) is 212 Å². The van der Waals surface area contributed by atoms with Crippen molar-refractivity contribution in [3.05, 3.63) is 12.2 Å². The molecule has 0 bridgehead atoms. The molecule has 4 atom stereocenters. The molecule has 0 aromatic rings. The van der Waals surface area contributed by atoms with Crippen molar-refractivity contribution in [1.82, 2.24) is 5.32 Å². The summed E-state index contributed by atoms with van der Waals surface area (Å²) in [5.41, 5.74) is 0. The van der Waals surface area contributed by atoms with Gasteiger partial charge in [-0.05, 0) is 25.2 Å². The van der Waals surface area contributed by atoms with Gasteiger partial charge in [0, 0.05) is 0 Å². The lowest BCUT2D eigenvalue weighted by Crippen LogP contribution is -2.49.